The number of hydrogen-bond acceptors (Lipinski definition) is 8. The van der Waals surface area contributed by atoms with Gasteiger partial charge in [0, 0.05) is 23.6 Å². The lowest BCUT2D eigenvalue weighted by molar-refractivity contribution is -0.0428. The molecule has 0 bridgehead atoms. The topological polar surface area (TPSA) is 110 Å². The van der Waals surface area contributed by atoms with Crippen molar-refractivity contribution in [3.63, 3.8) is 0 Å². The molecule has 2 unspecified atom stereocenters. The summed E-state index contributed by atoms with van der Waals surface area (Å²) in [6, 6.07) is 12.5. The van der Waals surface area contributed by atoms with Crippen LogP contribution in [0.3, 0.4) is 0 Å². The van der Waals surface area contributed by atoms with Gasteiger partial charge in [0.15, 0.2) is 17.6 Å². The van der Waals surface area contributed by atoms with Gasteiger partial charge < -0.3 is 34.3 Å². The number of benzene rings is 3. The van der Waals surface area contributed by atoms with Crippen molar-refractivity contribution in [3.8, 4) is 39.9 Å². The van der Waals surface area contributed by atoms with E-state index < -0.39 is 6.10 Å². The molecule has 4 N–H and O–H groups in total. The SMILES string of the molecule is CNCOC1Cc2c(cc(OCCO)c3c2CCc2cc(O)ccc2-3)OC1c1ccc(O)c(OC)c1. The number of aryl methyl sites for hydroxylation is 1. The molecule has 0 radical (unpaired) electrons. The van der Waals surface area contributed by atoms with E-state index >= 15 is 0 Å². The number of nitrogens with one attached hydrogen (secondary N) is 1. The summed E-state index contributed by atoms with van der Waals surface area (Å²) in [6.45, 7) is 0.410. The number of ether oxygens (including phenoxy) is 4. The Balaban J connectivity index is 1.62. The molecule has 0 amide bonds. The van der Waals surface area contributed by atoms with Crippen molar-refractivity contribution in [3.05, 3.63) is 64.7 Å². The van der Waals surface area contributed by atoms with Gasteiger partial charge in [-0.1, -0.05) is 12.1 Å². The van der Waals surface area contributed by atoms with Crippen molar-refractivity contribution in [2.24, 2.45) is 0 Å². The Hall–Kier alpha value is -3.46. The van der Waals surface area contributed by atoms with Gasteiger partial charge in [-0.15, -0.1) is 0 Å². The lowest BCUT2D eigenvalue weighted by Gasteiger charge is -2.37. The molecule has 8 nitrogen and oxygen atoms in total. The fourth-order valence-corrected chi connectivity index (χ4v) is 5.20. The molecule has 0 aromatic heterocycles. The maximum atomic E-state index is 10.1. The Morgan fingerprint density at radius 2 is 1.89 bits per heavy atom. The highest BCUT2D eigenvalue weighted by Crippen LogP contribution is 2.49. The summed E-state index contributed by atoms with van der Waals surface area (Å²) in [5.74, 6) is 2.02. The highest BCUT2D eigenvalue weighted by Gasteiger charge is 2.37. The van der Waals surface area contributed by atoms with E-state index in [1.807, 2.05) is 25.2 Å². The fourth-order valence-electron chi connectivity index (χ4n) is 5.20. The minimum Gasteiger partial charge on any atom is -0.508 e. The highest BCUT2D eigenvalue weighted by atomic mass is 16.6. The Kier molecular flexibility index (Phi) is 6.91. The third-order valence-corrected chi connectivity index (χ3v) is 6.79. The number of fused-ring (bicyclic) bond motifs is 5. The lowest BCUT2D eigenvalue weighted by Crippen LogP contribution is -2.36. The van der Waals surface area contributed by atoms with Gasteiger partial charge in [0.05, 0.1) is 20.4 Å². The van der Waals surface area contributed by atoms with E-state index in [1.54, 1.807) is 24.3 Å². The van der Waals surface area contributed by atoms with Crippen molar-refractivity contribution >= 4 is 0 Å². The monoisotopic (exact) mass is 493 g/mol. The first-order valence-electron chi connectivity index (χ1n) is 12.1. The zero-order chi connectivity index (χ0) is 25.2. The van der Waals surface area contributed by atoms with Crippen LogP contribution < -0.4 is 19.5 Å². The average Bonchev–Trinajstić information content (AvgIpc) is 2.89. The number of aliphatic hydroxyl groups is 1. The maximum Gasteiger partial charge on any atom is 0.160 e. The van der Waals surface area contributed by atoms with Crippen LogP contribution in [0.2, 0.25) is 0 Å². The van der Waals surface area contributed by atoms with Crippen LogP contribution in [-0.2, 0) is 24.0 Å². The normalized spacial score (nSPS) is 18.0. The van der Waals surface area contributed by atoms with Crippen LogP contribution in [0.1, 0.15) is 28.4 Å². The Morgan fingerprint density at radius 1 is 1.03 bits per heavy atom. The molecular weight excluding hydrogens is 462 g/mol. The molecule has 8 heteroatoms. The molecule has 1 aliphatic heterocycles. The molecule has 1 heterocycles. The summed E-state index contributed by atoms with van der Waals surface area (Å²) in [7, 11) is 3.34. The molecule has 0 saturated heterocycles. The van der Waals surface area contributed by atoms with Crippen molar-refractivity contribution in [2.75, 3.05) is 34.1 Å². The second-order valence-corrected chi connectivity index (χ2v) is 9.00. The van der Waals surface area contributed by atoms with Crippen LogP contribution in [0.5, 0.6) is 28.7 Å². The van der Waals surface area contributed by atoms with Gasteiger partial charge in [-0.3, -0.25) is 5.32 Å². The molecule has 1 aliphatic carbocycles. The molecule has 3 aromatic rings. The Morgan fingerprint density at radius 3 is 2.67 bits per heavy atom. The number of phenols is 2. The summed E-state index contributed by atoms with van der Waals surface area (Å²) in [6.07, 6.45) is 1.46. The lowest BCUT2D eigenvalue weighted by atomic mass is 9.80. The fraction of sp³-hybridized carbons (Fsp3) is 0.357. The summed E-state index contributed by atoms with van der Waals surface area (Å²) in [4.78, 5) is 0. The number of aromatic hydroxyl groups is 2. The zero-order valence-electron chi connectivity index (χ0n) is 20.4. The second kappa shape index (κ2) is 10.3. The first-order valence-corrected chi connectivity index (χ1v) is 12.1. The predicted octanol–water partition coefficient (Wildman–Crippen LogP) is 3.48. The second-order valence-electron chi connectivity index (χ2n) is 9.00. The van der Waals surface area contributed by atoms with E-state index in [0.717, 1.165) is 46.2 Å². The third kappa shape index (κ3) is 4.43. The minimum absolute atomic E-state index is 0.0589. The molecule has 0 fully saturated rings. The van der Waals surface area contributed by atoms with Crippen molar-refractivity contribution in [2.45, 2.75) is 31.5 Å². The van der Waals surface area contributed by atoms with E-state index in [2.05, 4.69) is 5.32 Å². The van der Waals surface area contributed by atoms with Crippen LogP contribution in [-0.4, -0.2) is 55.5 Å². The summed E-state index contributed by atoms with van der Waals surface area (Å²) >= 11 is 0. The van der Waals surface area contributed by atoms with Gasteiger partial charge in [0.2, 0.25) is 0 Å². The predicted molar refractivity (Wildman–Crippen MR) is 134 cm³/mol. The van der Waals surface area contributed by atoms with E-state index in [1.165, 1.54) is 7.11 Å². The molecule has 0 saturated carbocycles. The Labute approximate surface area is 210 Å². The van der Waals surface area contributed by atoms with Crippen molar-refractivity contribution in [1.29, 1.82) is 0 Å². The van der Waals surface area contributed by atoms with Crippen LogP contribution in [0.4, 0.5) is 0 Å². The maximum absolute atomic E-state index is 10.1. The molecular formula is C28H31NO7. The molecule has 36 heavy (non-hydrogen) atoms. The van der Waals surface area contributed by atoms with E-state index in [0.29, 0.717) is 30.4 Å². The van der Waals surface area contributed by atoms with E-state index in [9.17, 15) is 15.3 Å². The van der Waals surface area contributed by atoms with Gasteiger partial charge in [-0.05, 0) is 66.4 Å². The van der Waals surface area contributed by atoms with E-state index in [-0.39, 0.29) is 30.8 Å². The number of hydrogen-bond donors (Lipinski definition) is 4. The van der Waals surface area contributed by atoms with Crippen molar-refractivity contribution < 1.29 is 34.3 Å². The van der Waals surface area contributed by atoms with Gasteiger partial charge in [-0.25, -0.2) is 0 Å². The molecule has 5 rings (SSSR count). The quantitative estimate of drug-likeness (QED) is 0.353. The number of rotatable bonds is 8. The van der Waals surface area contributed by atoms with Crippen molar-refractivity contribution in [1.82, 2.24) is 5.32 Å². The summed E-state index contributed by atoms with van der Waals surface area (Å²) in [5.41, 5.74) is 6.09. The zero-order valence-corrected chi connectivity index (χ0v) is 20.4. The van der Waals surface area contributed by atoms with Gasteiger partial charge in [0.25, 0.3) is 0 Å². The largest absolute Gasteiger partial charge is 0.508 e. The number of aliphatic hydroxyl groups excluding tert-OH is 1. The number of phenolic OH excluding ortho intramolecular Hbond substituents is 2. The summed E-state index contributed by atoms with van der Waals surface area (Å²) < 4.78 is 24.1. The van der Waals surface area contributed by atoms with Crippen LogP contribution in [0.15, 0.2) is 42.5 Å². The Bertz CT molecular complexity index is 1260. The highest BCUT2D eigenvalue weighted by molar-refractivity contribution is 5.82. The van der Waals surface area contributed by atoms with Crippen LogP contribution in [0, 0.1) is 0 Å². The smallest absolute Gasteiger partial charge is 0.160 e. The van der Waals surface area contributed by atoms with Gasteiger partial charge in [-0.2, -0.15) is 0 Å². The van der Waals surface area contributed by atoms with E-state index in [4.69, 9.17) is 18.9 Å². The minimum atomic E-state index is -0.433. The molecule has 0 spiro atoms. The molecule has 2 atom stereocenters. The first kappa shape index (κ1) is 24.2. The molecule has 3 aromatic carbocycles. The molecule has 190 valence electrons. The summed E-state index contributed by atoms with van der Waals surface area (Å²) in [5, 5.41) is 32.6. The first-order chi connectivity index (χ1) is 17.5. The molecule has 2 aliphatic rings. The third-order valence-electron chi connectivity index (χ3n) is 6.79. The van der Waals surface area contributed by atoms with Gasteiger partial charge in [0.1, 0.15) is 30.0 Å². The standard InChI is InChI=1S/C28H31NO7/c1-29-15-35-26-13-21-20-6-3-16-11-18(31)5-7-19(16)27(20)25(34-10-9-30)14-23(21)36-28(26)17-4-8-22(32)24(12-17)33-2/h4-5,7-8,11-12,14,26,28-32H,3,6,9-10,13,15H2,1-2H3. The van der Waals surface area contributed by atoms with Crippen LogP contribution >= 0.6 is 0 Å². The number of methoxy groups -OCH3 is 1. The average molecular weight is 494 g/mol. The van der Waals surface area contributed by atoms with Gasteiger partial charge >= 0.3 is 0 Å². The van der Waals surface area contributed by atoms with Crippen LogP contribution in [0.25, 0.3) is 11.1 Å².